The van der Waals surface area contributed by atoms with Crippen LogP contribution in [0.1, 0.15) is 29.4 Å². The standard InChI is InChI=1S/C16H19N3O5S2/c1-2-24-16(21)14-15(25-19-18-14)17-13(20)11-26(22,23)10-6-9-12-7-4-3-5-8-12/h3-5,7-8H,2,6,9-11H2,1H3,(H,17,20). The van der Waals surface area contributed by atoms with Crippen LogP contribution < -0.4 is 5.32 Å². The van der Waals surface area contributed by atoms with Crippen LogP contribution in [-0.2, 0) is 25.8 Å². The summed E-state index contributed by atoms with van der Waals surface area (Å²) in [7, 11) is -3.56. The van der Waals surface area contributed by atoms with Gasteiger partial charge >= 0.3 is 5.97 Å². The Kier molecular flexibility index (Phi) is 7.22. The molecular formula is C16H19N3O5S2. The number of ether oxygens (including phenoxy) is 1. The third kappa shape index (κ3) is 6.19. The monoisotopic (exact) mass is 397 g/mol. The molecule has 0 aliphatic heterocycles. The minimum Gasteiger partial charge on any atom is -0.461 e. The van der Waals surface area contributed by atoms with Crippen LogP contribution in [0.2, 0.25) is 0 Å². The van der Waals surface area contributed by atoms with E-state index in [0.29, 0.717) is 12.8 Å². The van der Waals surface area contributed by atoms with Crippen LogP contribution in [0.3, 0.4) is 0 Å². The van der Waals surface area contributed by atoms with Gasteiger partial charge in [0.25, 0.3) is 0 Å². The molecule has 0 fully saturated rings. The van der Waals surface area contributed by atoms with Crippen LogP contribution in [0.5, 0.6) is 0 Å². The summed E-state index contributed by atoms with van der Waals surface area (Å²) in [5, 5.41) is 6.04. The van der Waals surface area contributed by atoms with Crippen molar-refractivity contribution in [1.82, 2.24) is 9.59 Å². The summed E-state index contributed by atoms with van der Waals surface area (Å²) >= 11 is 0.784. The van der Waals surface area contributed by atoms with Crippen LogP contribution in [0.25, 0.3) is 0 Å². The molecule has 0 unspecified atom stereocenters. The molecule has 0 spiro atoms. The number of amides is 1. The van der Waals surface area contributed by atoms with Crippen molar-refractivity contribution < 1.29 is 22.7 Å². The van der Waals surface area contributed by atoms with Gasteiger partial charge in [-0.3, -0.25) is 4.79 Å². The molecule has 26 heavy (non-hydrogen) atoms. The lowest BCUT2D eigenvalue weighted by atomic mass is 10.1. The molecule has 10 heteroatoms. The Bertz CT molecular complexity index is 850. The van der Waals surface area contributed by atoms with E-state index in [1.165, 1.54) is 0 Å². The van der Waals surface area contributed by atoms with E-state index in [-0.39, 0.29) is 23.1 Å². The van der Waals surface area contributed by atoms with Crippen molar-refractivity contribution in [1.29, 1.82) is 0 Å². The predicted octanol–water partition coefficient (Wildman–Crippen LogP) is 1.70. The van der Waals surface area contributed by atoms with Gasteiger partial charge in [0.1, 0.15) is 5.75 Å². The van der Waals surface area contributed by atoms with E-state index in [9.17, 15) is 18.0 Å². The molecule has 140 valence electrons. The molecule has 0 saturated carbocycles. The largest absolute Gasteiger partial charge is 0.461 e. The second-order valence-corrected chi connectivity index (χ2v) is 8.34. The number of aromatic nitrogens is 2. The summed E-state index contributed by atoms with van der Waals surface area (Å²) in [6.45, 7) is 1.79. The molecule has 0 aliphatic rings. The van der Waals surface area contributed by atoms with E-state index >= 15 is 0 Å². The maximum absolute atomic E-state index is 12.1. The van der Waals surface area contributed by atoms with Crippen molar-refractivity contribution >= 4 is 38.2 Å². The maximum atomic E-state index is 12.1. The number of carbonyl (C=O) groups excluding carboxylic acids is 2. The summed E-state index contributed by atoms with van der Waals surface area (Å²) in [6.07, 6.45) is 1.04. The van der Waals surface area contributed by atoms with Gasteiger partial charge < -0.3 is 10.1 Å². The van der Waals surface area contributed by atoms with Crippen molar-refractivity contribution in [3.8, 4) is 0 Å². The lowest BCUT2D eigenvalue weighted by Crippen LogP contribution is -2.25. The Morgan fingerprint density at radius 2 is 1.96 bits per heavy atom. The molecule has 1 aromatic carbocycles. The molecule has 2 aromatic rings. The maximum Gasteiger partial charge on any atom is 0.362 e. The molecule has 1 amide bonds. The average Bonchev–Trinajstić information content (AvgIpc) is 3.03. The minimum absolute atomic E-state index is 0.0768. The molecule has 1 aromatic heterocycles. The zero-order chi connectivity index (χ0) is 19.0. The number of rotatable bonds is 9. The summed E-state index contributed by atoms with van der Waals surface area (Å²) in [6, 6.07) is 9.52. The molecule has 1 N–H and O–H groups in total. The zero-order valence-electron chi connectivity index (χ0n) is 14.2. The number of hydrogen-bond donors (Lipinski definition) is 1. The summed E-state index contributed by atoms with van der Waals surface area (Å²) in [5.74, 6) is -2.22. The number of esters is 1. The molecule has 1 heterocycles. The third-order valence-corrected chi connectivity index (χ3v) is 5.58. The van der Waals surface area contributed by atoms with E-state index in [1.807, 2.05) is 30.3 Å². The van der Waals surface area contributed by atoms with Crippen molar-refractivity contribution in [3.63, 3.8) is 0 Å². The number of anilines is 1. The highest BCUT2D eigenvalue weighted by Gasteiger charge is 2.22. The predicted molar refractivity (Wildman–Crippen MR) is 97.9 cm³/mol. The number of sulfone groups is 1. The van der Waals surface area contributed by atoms with Crippen LogP contribution in [0, 0.1) is 0 Å². The van der Waals surface area contributed by atoms with E-state index in [0.717, 1.165) is 17.1 Å². The molecule has 0 bridgehead atoms. The highest BCUT2D eigenvalue weighted by atomic mass is 32.2. The summed E-state index contributed by atoms with van der Waals surface area (Å²) in [5.41, 5.74) is 0.911. The lowest BCUT2D eigenvalue weighted by molar-refractivity contribution is -0.113. The fourth-order valence-corrected chi connectivity index (χ4v) is 3.96. The molecule has 2 rings (SSSR count). The van der Waals surface area contributed by atoms with Gasteiger partial charge in [-0.15, -0.1) is 5.10 Å². The summed E-state index contributed by atoms with van der Waals surface area (Å²) < 4.78 is 32.6. The van der Waals surface area contributed by atoms with Crippen LogP contribution in [-0.4, -0.2) is 48.0 Å². The molecule has 0 saturated heterocycles. The number of hydrogen-bond acceptors (Lipinski definition) is 8. The number of benzene rings is 1. The second kappa shape index (κ2) is 9.39. The fraction of sp³-hybridized carbons (Fsp3) is 0.375. The van der Waals surface area contributed by atoms with Crippen LogP contribution in [0.4, 0.5) is 5.00 Å². The van der Waals surface area contributed by atoms with Gasteiger partial charge in [-0.05, 0) is 25.3 Å². The normalized spacial score (nSPS) is 11.1. The van der Waals surface area contributed by atoms with Crippen molar-refractivity contribution in [3.05, 3.63) is 41.6 Å². The average molecular weight is 397 g/mol. The Labute approximate surface area is 155 Å². The quantitative estimate of drug-likeness (QED) is 0.640. The topological polar surface area (TPSA) is 115 Å². The second-order valence-electron chi connectivity index (χ2n) is 5.40. The van der Waals surface area contributed by atoms with E-state index < -0.39 is 27.5 Å². The first-order valence-electron chi connectivity index (χ1n) is 7.95. The highest BCUT2D eigenvalue weighted by molar-refractivity contribution is 7.92. The fourth-order valence-electron chi connectivity index (χ4n) is 2.18. The van der Waals surface area contributed by atoms with Gasteiger partial charge in [0.05, 0.1) is 12.4 Å². The Hall–Kier alpha value is -2.33. The minimum atomic E-state index is -3.56. The van der Waals surface area contributed by atoms with Gasteiger partial charge in [-0.25, -0.2) is 13.2 Å². The number of aryl methyl sites for hydroxylation is 1. The smallest absolute Gasteiger partial charge is 0.362 e. The highest BCUT2D eigenvalue weighted by Crippen LogP contribution is 2.18. The Balaban J connectivity index is 1.86. The first-order chi connectivity index (χ1) is 12.4. The van der Waals surface area contributed by atoms with Crippen LogP contribution in [0.15, 0.2) is 30.3 Å². The van der Waals surface area contributed by atoms with Crippen molar-refractivity contribution in [2.75, 3.05) is 23.4 Å². The lowest BCUT2D eigenvalue weighted by Gasteiger charge is -2.06. The molecular weight excluding hydrogens is 378 g/mol. The van der Waals surface area contributed by atoms with Gasteiger partial charge in [-0.1, -0.05) is 34.8 Å². The molecule has 0 radical (unpaired) electrons. The van der Waals surface area contributed by atoms with Gasteiger partial charge in [-0.2, -0.15) is 0 Å². The van der Waals surface area contributed by atoms with E-state index in [4.69, 9.17) is 4.74 Å². The summed E-state index contributed by atoms with van der Waals surface area (Å²) in [4.78, 5) is 23.7. The third-order valence-electron chi connectivity index (χ3n) is 3.32. The number of nitrogens with zero attached hydrogens (tertiary/aromatic N) is 2. The Morgan fingerprint density at radius 3 is 2.65 bits per heavy atom. The van der Waals surface area contributed by atoms with Crippen molar-refractivity contribution in [2.45, 2.75) is 19.8 Å². The van der Waals surface area contributed by atoms with Gasteiger partial charge in [0, 0.05) is 11.5 Å². The first-order valence-corrected chi connectivity index (χ1v) is 10.5. The SMILES string of the molecule is CCOC(=O)c1nnsc1NC(=O)CS(=O)(=O)CCCc1ccccc1. The molecule has 8 nitrogen and oxygen atoms in total. The van der Waals surface area contributed by atoms with E-state index in [2.05, 4.69) is 14.9 Å². The molecule has 0 atom stereocenters. The van der Waals surface area contributed by atoms with Gasteiger partial charge in [0.15, 0.2) is 14.8 Å². The zero-order valence-corrected chi connectivity index (χ0v) is 15.8. The van der Waals surface area contributed by atoms with Crippen molar-refractivity contribution in [2.24, 2.45) is 0 Å². The Morgan fingerprint density at radius 1 is 1.23 bits per heavy atom. The van der Waals surface area contributed by atoms with Gasteiger partial charge in [0.2, 0.25) is 11.6 Å². The molecule has 0 aliphatic carbocycles. The first kappa shape index (κ1) is 20.0. The number of nitrogens with one attached hydrogen (secondary N) is 1. The number of carbonyl (C=O) groups is 2. The van der Waals surface area contributed by atoms with E-state index in [1.54, 1.807) is 6.92 Å². The van der Waals surface area contributed by atoms with Crippen LogP contribution >= 0.6 is 11.5 Å².